The van der Waals surface area contributed by atoms with Gasteiger partial charge in [0.1, 0.15) is 0 Å². The fourth-order valence-corrected chi connectivity index (χ4v) is 4.46. The van der Waals surface area contributed by atoms with E-state index in [9.17, 15) is 0 Å². The van der Waals surface area contributed by atoms with Crippen LogP contribution in [0.15, 0.2) is 0 Å². The maximum atomic E-state index is 9.15. The molecule has 0 aromatic rings. The Hall–Kier alpha value is 0.620. The first-order valence-corrected chi connectivity index (χ1v) is 6.51. The summed E-state index contributed by atoms with van der Waals surface area (Å²) < 4.78 is 0.169. The third kappa shape index (κ3) is 1.50. The van der Waals surface area contributed by atoms with Crippen molar-refractivity contribution in [3.63, 3.8) is 0 Å². The van der Waals surface area contributed by atoms with Crippen molar-refractivity contribution >= 4 is 23.5 Å². The second-order valence-electron chi connectivity index (χ2n) is 3.16. The van der Waals surface area contributed by atoms with Gasteiger partial charge in [0, 0.05) is 19.1 Å². The zero-order valence-corrected chi connectivity index (χ0v) is 9.12. The molecule has 2 atom stereocenters. The third-order valence-electron chi connectivity index (χ3n) is 2.80. The van der Waals surface area contributed by atoms with Crippen LogP contribution in [-0.2, 0) is 0 Å². The smallest absolute Gasteiger partial charge is 0.0662 e. The van der Waals surface area contributed by atoms with Gasteiger partial charge in [-0.1, -0.05) is 0 Å². The fourth-order valence-electron chi connectivity index (χ4n) is 1.89. The molecular formula is C8H16O2S2. The van der Waals surface area contributed by atoms with Crippen LogP contribution in [0.4, 0.5) is 0 Å². The first-order valence-electron chi connectivity index (χ1n) is 4.06. The van der Waals surface area contributed by atoms with Gasteiger partial charge in [-0.2, -0.15) is 0 Å². The Morgan fingerprint density at radius 3 is 2.17 bits per heavy atom. The van der Waals surface area contributed by atoms with Gasteiger partial charge in [-0.3, -0.25) is 0 Å². The van der Waals surface area contributed by atoms with E-state index in [0.717, 1.165) is 6.42 Å². The van der Waals surface area contributed by atoms with Crippen LogP contribution in [-0.4, -0.2) is 40.0 Å². The topological polar surface area (TPSA) is 40.5 Å². The number of hydrogen-bond acceptors (Lipinski definition) is 4. The predicted molar refractivity (Wildman–Crippen MR) is 55.5 cm³/mol. The molecule has 72 valence electrons. The van der Waals surface area contributed by atoms with Crippen LogP contribution < -0.4 is 0 Å². The van der Waals surface area contributed by atoms with Crippen molar-refractivity contribution in [2.24, 2.45) is 11.8 Å². The quantitative estimate of drug-likeness (QED) is 0.677. The molecule has 0 saturated heterocycles. The summed E-state index contributed by atoms with van der Waals surface area (Å²) in [6, 6.07) is 0. The summed E-state index contributed by atoms with van der Waals surface area (Å²) in [7, 11) is 0. The second-order valence-corrected chi connectivity index (χ2v) is 5.69. The molecule has 1 rings (SSSR count). The van der Waals surface area contributed by atoms with E-state index in [1.807, 2.05) is 0 Å². The molecule has 0 spiro atoms. The van der Waals surface area contributed by atoms with Gasteiger partial charge < -0.3 is 10.2 Å². The molecule has 0 heterocycles. The summed E-state index contributed by atoms with van der Waals surface area (Å²) in [4.78, 5) is 0. The molecule has 2 N–H and O–H groups in total. The Morgan fingerprint density at radius 1 is 1.25 bits per heavy atom. The van der Waals surface area contributed by atoms with Crippen LogP contribution in [0.25, 0.3) is 0 Å². The lowest BCUT2D eigenvalue weighted by atomic mass is 9.73. The number of hydrogen-bond donors (Lipinski definition) is 2. The van der Waals surface area contributed by atoms with Gasteiger partial charge in [0.2, 0.25) is 0 Å². The predicted octanol–water partition coefficient (Wildman–Crippen LogP) is 1.03. The van der Waals surface area contributed by atoms with Gasteiger partial charge in [0.05, 0.1) is 4.08 Å². The van der Waals surface area contributed by atoms with Crippen LogP contribution in [0.3, 0.4) is 0 Å². The van der Waals surface area contributed by atoms with Crippen molar-refractivity contribution in [3.8, 4) is 0 Å². The molecule has 1 fully saturated rings. The highest BCUT2D eigenvalue weighted by Crippen LogP contribution is 2.57. The Bertz CT molecular complexity index is 148. The SMILES string of the molecule is CSC1(SC)CC(CO)C1CO. The summed E-state index contributed by atoms with van der Waals surface area (Å²) in [5, 5.41) is 18.1. The van der Waals surface area contributed by atoms with E-state index in [1.54, 1.807) is 23.5 Å². The molecule has 4 heteroatoms. The molecule has 0 radical (unpaired) electrons. The molecule has 0 aromatic heterocycles. The van der Waals surface area contributed by atoms with Crippen LogP contribution >= 0.6 is 23.5 Å². The maximum Gasteiger partial charge on any atom is 0.0662 e. The third-order valence-corrected chi connectivity index (χ3v) is 6.12. The van der Waals surface area contributed by atoms with Gasteiger partial charge in [-0.05, 0) is 24.9 Å². The van der Waals surface area contributed by atoms with Crippen molar-refractivity contribution < 1.29 is 10.2 Å². The minimum Gasteiger partial charge on any atom is -0.396 e. The Labute approximate surface area is 82.1 Å². The monoisotopic (exact) mass is 208 g/mol. The van der Waals surface area contributed by atoms with Crippen molar-refractivity contribution in [2.45, 2.75) is 10.5 Å². The van der Waals surface area contributed by atoms with Crippen LogP contribution in [0.2, 0.25) is 0 Å². The Balaban J connectivity index is 2.58. The summed E-state index contributed by atoms with van der Waals surface area (Å²) in [6.07, 6.45) is 5.18. The zero-order valence-electron chi connectivity index (χ0n) is 7.49. The lowest BCUT2D eigenvalue weighted by Gasteiger charge is -2.52. The number of thioether (sulfide) groups is 2. The van der Waals surface area contributed by atoms with E-state index in [2.05, 4.69) is 12.5 Å². The van der Waals surface area contributed by atoms with Crippen molar-refractivity contribution in [1.82, 2.24) is 0 Å². The molecule has 0 amide bonds. The Kier molecular flexibility index (Phi) is 3.76. The molecule has 0 aliphatic heterocycles. The van der Waals surface area contributed by atoms with Crippen molar-refractivity contribution in [3.05, 3.63) is 0 Å². The number of aliphatic hydroxyl groups is 2. The normalized spacial score (nSPS) is 33.0. The molecule has 2 nitrogen and oxygen atoms in total. The van der Waals surface area contributed by atoms with Crippen molar-refractivity contribution in [1.29, 1.82) is 0 Å². The van der Waals surface area contributed by atoms with E-state index in [1.165, 1.54) is 0 Å². The highest BCUT2D eigenvalue weighted by atomic mass is 32.2. The first kappa shape index (κ1) is 10.7. The second kappa shape index (κ2) is 4.22. The summed E-state index contributed by atoms with van der Waals surface area (Å²) >= 11 is 3.61. The van der Waals surface area contributed by atoms with Crippen LogP contribution in [0, 0.1) is 11.8 Å². The van der Waals surface area contributed by atoms with Gasteiger partial charge in [0.15, 0.2) is 0 Å². The van der Waals surface area contributed by atoms with E-state index in [4.69, 9.17) is 10.2 Å². The minimum absolute atomic E-state index is 0.169. The van der Waals surface area contributed by atoms with E-state index in [-0.39, 0.29) is 23.2 Å². The molecular weight excluding hydrogens is 192 g/mol. The molecule has 0 aromatic carbocycles. The van der Waals surface area contributed by atoms with Crippen LogP contribution in [0.1, 0.15) is 6.42 Å². The average molecular weight is 208 g/mol. The number of rotatable bonds is 4. The highest BCUT2D eigenvalue weighted by Gasteiger charge is 2.52. The lowest BCUT2D eigenvalue weighted by Crippen LogP contribution is -2.52. The molecule has 1 saturated carbocycles. The molecule has 2 unspecified atom stereocenters. The molecule has 1 aliphatic carbocycles. The fraction of sp³-hybridized carbons (Fsp3) is 1.00. The van der Waals surface area contributed by atoms with E-state index >= 15 is 0 Å². The number of aliphatic hydroxyl groups excluding tert-OH is 2. The Morgan fingerprint density at radius 2 is 1.83 bits per heavy atom. The minimum atomic E-state index is 0.169. The molecule has 12 heavy (non-hydrogen) atoms. The summed E-state index contributed by atoms with van der Waals surface area (Å²) in [6.45, 7) is 0.418. The van der Waals surface area contributed by atoms with Gasteiger partial charge in [-0.25, -0.2) is 0 Å². The molecule has 1 aliphatic rings. The molecule has 0 bridgehead atoms. The first-order chi connectivity index (χ1) is 5.74. The van der Waals surface area contributed by atoms with Gasteiger partial charge in [-0.15, -0.1) is 23.5 Å². The summed E-state index contributed by atoms with van der Waals surface area (Å²) in [5.74, 6) is 0.586. The van der Waals surface area contributed by atoms with Gasteiger partial charge in [0.25, 0.3) is 0 Å². The summed E-state index contributed by atoms with van der Waals surface area (Å²) in [5.41, 5.74) is 0. The van der Waals surface area contributed by atoms with E-state index in [0.29, 0.717) is 5.92 Å². The van der Waals surface area contributed by atoms with Crippen LogP contribution in [0.5, 0.6) is 0 Å². The lowest BCUT2D eigenvalue weighted by molar-refractivity contribution is 0.0416. The van der Waals surface area contributed by atoms with Crippen molar-refractivity contribution in [2.75, 3.05) is 25.7 Å². The zero-order chi connectivity index (χ0) is 9.19. The standard InChI is InChI=1S/C8H16O2S2/c1-11-8(12-2)3-6(4-9)7(8)5-10/h6-7,9-10H,3-5H2,1-2H3. The highest BCUT2D eigenvalue weighted by molar-refractivity contribution is 8.17. The van der Waals surface area contributed by atoms with E-state index < -0.39 is 0 Å². The van der Waals surface area contributed by atoms with Gasteiger partial charge >= 0.3 is 0 Å². The average Bonchev–Trinajstić information content (AvgIpc) is 2.07. The largest absolute Gasteiger partial charge is 0.396 e. The maximum absolute atomic E-state index is 9.15.